The predicted molar refractivity (Wildman–Crippen MR) is 102 cm³/mol. The Labute approximate surface area is 152 Å². The van der Waals surface area contributed by atoms with Crippen LogP contribution in [0.1, 0.15) is 27.2 Å². The molecule has 1 amide bonds. The van der Waals surface area contributed by atoms with Gasteiger partial charge in [-0.3, -0.25) is 4.79 Å². The molecule has 0 atom stereocenters. The van der Waals surface area contributed by atoms with E-state index in [1.807, 2.05) is 12.1 Å². The second kappa shape index (κ2) is 7.27. The van der Waals surface area contributed by atoms with Gasteiger partial charge in [-0.25, -0.2) is 12.7 Å². The van der Waals surface area contributed by atoms with Crippen LogP contribution in [0.4, 0.5) is 0 Å². The molecule has 7 heteroatoms. The van der Waals surface area contributed by atoms with Crippen LogP contribution in [0.5, 0.6) is 0 Å². The minimum atomic E-state index is -3.16. The highest BCUT2D eigenvalue weighted by Gasteiger charge is 2.21. The highest BCUT2D eigenvalue weighted by Crippen LogP contribution is 2.39. The zero-order valence-electron chi connectivity index (χ0n) is 14.4. The molecule has 0 saturated carbocycles. The third-order valence-corrected chi connectivity index (χ3v) is 6.98. The fraction of sp³-hybridized carbons (Fsp3) is 0.389. The molecule has 5 nitrogen and oxygen atoms in total. The fourth-order valence-electron chi connectivity index (χ4n) is 2.94. The maximum absolute atomic E-state index is 12.4. The van der Waals surface area contributed by atoms with Gasteiger partial charge < -0.3 is 5.32 Å². The Morgan fingerprint density at radius 1 is 1.24 bits per heavy atom. The minimum absolute atomic E-state index is 0.0844. The number of nitrogens with zero attached hydrogens (tertiary/aromatic N) is 1. The summed E-state index contributed by atoms with van der Waals surface area (Å²) < 4.78 is 24.0. The molecule has 1 aromatic carbocycles. The summed E-state index contributed by atoms with van der Waals surface area (Å²) >= 11 is 1.54. The third kappa shape index (κ3) is 4.11. The Bertz CT molecular complexity index is 887. The summed E-state index contributed by atoms with van der Waals surface area (Å²) in [7, 11) is -1.62. The molecular weight excluding hydrogens is 356 g/mol. The summed E-state index contributed by atoms with van der Waals surface area (Å²) in [6.45, 7) is 0.852. The van der Waals surface area contributed by atoms with Gasteiger partial charge in [0, 0.05) is 25.0 Å². The average Bonchev–Trinajstić information content (AvgIpc) is 3.02. The molecule has 1 heterocycles. The van der Waals surface area contributed by atoms with E-state index in [-0.39, 0.29) is 5.91 Å². The first kappa shape index (κ1) is 18.1. The number of nitrogens with one attached hydrogen (secondary N) is 1. The average molecular weight is 379 g/mol. The molecule has 3 rings (SSSR count). The van der Waals surface area contributed by atoms with E-state index in [0.717, 1.165) is 17.7 Å². The molecule has 25 heavy (non-hydrogen) atoms. The van der Waals surface area contributed by atoms with Crippen molar-refractivity contribution in [1.82, 2.24) is 9.62 Å². The Kier molecular flexibility index (Phi) is 5.27. The summed E-state index contributed by atoms with van der Waals surface area (Å²) in [5.41, 5.74) is 3.82. The van der Waals surface area contributed by atoms with Crippen molar-refractivity contribution in [3.8, 4) is 10.4 Å². The second-order valence-corrected chi connectivity index (χ2v) is 9.46. The highest BCUT2D eigenvalue weighted by atomic mass is 32.2. The SMILES string of the molecule is CN(CCCNC(=O)c1cc2c(s1)-c1ccccc1CC2)S(C)(=O)=O. The van der Waals surface area contributed by atoms with Crippen LogP contribution in [0, 0.1) is 0 Å². The maximum atomic E-state index is 12.4. The first-order valence-corrected chi connectivity index (χ1v) is 10.9. The number of fused-ring (bicyclic) bond motifs is 3. The third-order valence-electron chi connectivity index (χ3n) is 4.46. The van der Waals surface area contributed by atoms with Crippen molar-refractivity contribution >= 4 is 27.3 Å². The standard InChI is InChI=1S/C18H22N2O3S2/c1-20(25(2,22)23)11-5-10-19-18(21)16-12-14-9-8-13-6-3-4-7-15(13)17(14)24-16/h3-4,6-7,12H,5,8-11H2,1-2H3,(H,19,21). The smallest absolute Gasteiger partial charge is 0.261 e. The van der Waals surface area contributed by atoms with Gasteiger partial charge in [0.1, 0.15) is 0 Å². The van der Waals surface area contributed by atoms with Crippen LogP contribution < -0.4 is 5.32 Å². The molecule has 1 aromatic heterocycles. The van der Waals surface area contributed by atoms with Gasteiger partial charge in [-0.1, -0.05) is 24.3 Å². The summed E-state index contributed by atoms with van der Waals surface area (Å²) in [5, 5.41) is 2.89. The lowest BCUT2D eigenvalue weighted by Gasteiger charge is -2.15. The Hall–Kier alpha value is -1.70. The zero-order chi connectivity index (χ0) is 18.0. The Morgan fingerprint density at radius 2 is 1.96 bits per heavy atom. The molecule has 2 aromatic rings. The molecule has 0 saturated heterocycles. The van der Waals surface area contributed by atoms with E-state index in [2.05, 4.69) is 23.5 Å². The van der Waals surface area contributed by atoms with Crippen molar-refractivity contribution < 1.29 is 13.2 Å². The molecule has 0 unspecified atom stereocenters. The van der Waals surface area contributed by atoms with Crippen molar-refractivity contribution in [2.24, 2.45) is 0 Å². The monoisotopic (exact) mass is 378 g/mol. The summed E-state index contributed by atoms with van der Waals surface area (Å²) in [6.07, 6.45) is 3.75. The zero-order valence-corrected chi connectivity index (χ0v) is 16.0. The van der Waals surface area contributed by atoms with Gasteiger partial charge >= 0.3 is 0 Å². The van der Waals surface area contributed by atoms with E-state index >= 15 is 0 Å². The Morgan fingerprint density at radius 3 is 2.72 bits per heavy atom. The number of sulfonamides is 1. The number of rotatable bonds is 6. The summed E-state index contributed by atoms with van der Waals surface area (Å²) in [6, 6.07) is 10.3. The molecule has 0 bridgehead atoms. The predicted octanol–water partition coefficient (Wildman–Crippen LogP) is 2.53. The first-order chi connectivity index (χ1) is 11.9. The van der Waals surface area contributed by atoms with Crippen LogP contribution in [0.2, 0.25) is 0 Å². The molecule has 0 spiro atoms. The van der Waals surface area contributed by atoms with E-state index < -0.39 is 10.0 Å². The summed E-state index contributed by atoms with van der Waals surface area (Å²) in [4.78, 5) is 14.3. The van der Waals surface area contributed by atoms with Crippen LogP contribution in [0.3, 0.4) is 0 Å². The number of hydrogen-bond acceptors (Lipinski definition) is 4. The highest BCUT2D eigenvalue weighted by molar-refractivity contribution is 7.88. The number of hydrogen-bond donors (Lipinski definition) is 1. The molecule has 1 aliphatic carbocycles. The number of amides is 1. The number of thiophene rings is 1. The van der Waals surface area contributed by atoms with Gasteiger partial charge in [0.05, 0.1) is 11.1 Å². The van der Waals surface area contributed by atoms with Crippen molar-refractivity contribution in [2.45, 2.75) is 19.3 Å². The molecule has 1 N–H and O–H groups in total. The van der Waals surface area contributed by atoms with E-state index in [4.69, 9.17) is 0 Å². The van der Waals surface area contributed by atoms with Gasteiger partial charge in [0.15, 0.2) is 0 Å². The molecular formula is C18H22N2O3S2. The van der Waals surface area contributed by atoms with Gasteiger partial charge in [-0.05, 0) is 42.0 Å². The van der Waals surface area contributed by atoms with Crippen molar-refractivity contribution in [3.05, 3.63) is 46.3 Å². The largest absolute Gasteiger partial charge is 0.351 e. The van der Waals surface area contributed by atoms with Gasteiger partial charge in [0.25, 0.3) is 5.91 Å². The van der Waals surface area contributed by atoms with Crippen LogP contribution >= 0.6 is 11.3 Å². The van der Waals surface area contributed by atoms with Gasteiger partial charge in [0.2, 0.25) is 10.0 Å². The summed E-state index contributed by atoms with van der Waals surface area (Å²) in [5.74, 6) is -0.0844. The minimum Gasteiger partial charge on any atom is -0.351 e. The van der Waals surface area contributed by atoms with Crippen molar-refractivity contribution in [3.63, 3.8) is 0 Å². The van der Waals surface area contributed by atoms with Gasteiger partial charge in [-0.2, -0.15) is 0 Å². The quantitative estimate of drug-likeness (QED) is 0.786. The second-order valence-electron chi connectivity index (χ2n) is 6.32. The number of benzene rings is 1. The lowest BCUT2D eigenvalue weighted by Crippen LogP contribution is -2.30. The van der Waals surface area contributed by atoms with E-state index in [1.54, 1.807) is 7.05 Å². The van der Waals surface area contributed by atoms with E-state index in [1.165, 1.54) is 43.5 Å². The van der Waals surface area contributed by atoms with Crippen LogP contribution in [0.25, 0.3) is 10.4 Å². The fourth-order valence-corrected chi connectivity index (χ4v) is 4.59. The van der Waals surface area contributed by atoms with Crippen LogP contribution in [0.15, 0.2) is 30.3 Å². The van der Waals surface area contributed by atoms with Crippen molar-refractivity contribution in [2.75, 3.05) is 26.4 Å². The Balaban J connectivity index is 1.61. The van der Waals surface area contributed by atoms with Crippen molar-refractivity contribution in [1.29, 1.82) is 0 Å². The van der Waals surface area contributed by atoms with Crippen LogP contribution in [-0.4, -0.2) is 45.0 Å². The van der Waals surface area contributed by atoms with Crippen LogP contribution in [-0.2, 0) is 22.9 Å². The first-order valence-electron chi connectivity index (χ1n) is 8.27. The molecule has 0 fully saturated rings. The normalized spacial score (nSPS) is 13.4. The number of carbonyl (C=O) groups is 1. The molecule has 134 valence electrons. The van der Waals surface area contributed by atoms with Gasteiger partial charge in [-0.15, -0.1) is 11.3 Å². The molecule has 0 radical (unpaired) electrons. The lowest BCUT2D eigenvalue weighted by molar-refractivity contribution is 0.0957. The topological polar surface area (TPSA) is 66.5 Å². The van der Waals surface area contributed by atoms with E-state index in [9.17, 15) is 13.2 Å². The lowest BCUT2D eigenvalue weighted by atomic mass is 9.91. The maximum Gasteiger partial charge on any atom is 0.261 e. The number of carbonyl (C=O) groups excluding carboxylic acids is 1. The number of aryl methyl sites for hydroxylation is 2. The van der Waals surface area contributed by atoms with E-state index in [0.29, 0.717) is 19.5 Å². The molecule has 1 aliphatic rings. The molecule has 0 aliphatic heterocycles.